The lowest BCUT2D eigenvalue weighted by Gasteiger charge is -2.36. The topological polar surface area (TPSA) is 15.3 Å². The minimum atomic E-state index is 0.749. The van der Waals surface area contributed by atoms with Gasteiger partial charge in [-0.2, -0.15) is 11.8 Å². The van der Waals surface area contributed by atoms with Gasteiger partial charge < -0.3 is 5.32 Å². The van der Waals surface area contributed by atoms with Gasteiger partial charge in [0.25, 0.3) is 0 Å². The van der Waals surface area contributed by atoms with Crippen LogP contribution in [0.5, 0.6) is 0 Å². The highest BCUT2D eigenvalue weighted by molar-refractivity contribution is 7.99. The van der Waals surface area contributed by atoms with E-state index in [1.807, 2.05) is 0 Å². The predicted molar refractivity (Wildman–Crippen MR) is 59.4 cm³/mol. The highest BCUT2D eigenvalue weighted by atomic mass is 32.2. The smallest absolute Gasteiger partial charge is 0.0194 e. The molecule has 2 aliphatic heterocycles. The largest absolute Gasteiger partial charge is 0.316 e. The van der Waals surface area contributed by atoms with E-state index < -0.39 is 0 Å². The molecule has 13 heavy (non-hydrogen) atoms. The number of likely N-dealkylation sites (tertiary alicyclic amines) is 1. The number of rotatable bonds is 2. The van der Waals surface area contributed by atoms with Crippen molar-refractivity contribution in [3.63, 3.8) is 0 Å². The van der Waals surface area contributed by atoms with Crippen molar-refractivity contribution in [3.05, 3.63) is 0 Å². The average Bonchev–Trinajstić information content (AvgIpc) is 2.71. The van der Waals surface area contributed by atoms with Crippen LogP contribution in [0.15, 0.2) is 0 Å². The predicted octanol–water partition coefficient (Wildman–Crippen LogP) is 1.18. The molecule has 0 spiro atoms. The summed E-state index contributed by atoms with van der Waals surface area (Å²) < 4.78 is 0. The lowest BCUT2D eigenvalue weighted by molar-refractivity contribution is 0.152. The maximum absolute atomic E-state index is 3.41. The van der Waals surface area contributed by atoms with Crippen molar-refractivity contribution in [1.29, 1.82) is 0 Å². The summed E-state index contributed by atoms with van der Waals surface area (Å²) in [5.41, 5.74) is 0. The van der Waals surface area contributed by atoms with E-state index in [0.29, 0.717) is 0 Å². The first-order valence-corrected chi connectivity index (χ1v) is 6.54. The van der Waals surface area contributed by atoms with Crippen LogP contribution in [0.2, 0.25) is 0 Å². The van der Waals surface area contributed by atoms with Crippen LogP contribution < -0.4 is 5.32 Å². The van der Waals surface area contributed by atoms with Crippen molar-refractivity contribution in [2.75, 3.05) is 31.6 Å². The van der Waals surface area contributed by atoms with E-state index in [4.69, 9.17) is 0 Å². The molecule has 0 radical (unpaired) electrons. The molecule has 3 heteroatoms. The highest BCUT2D eigenvalue weighted by Gasteiger charge is 2.27. The van der Waals surface area contributed by atoms with Gasteiger partial charge in [0.05, 0.1) is 0 Å². The number of thioether (sulfide) groups is 1. The minimum Gasteiger partial charge on any atom is -0.316 e. The standard InChI is InChI=1S/C10H20N2S/c1-11-9-3-2-5-12(7-9)10-4-6-13-8-10/h9-11H,2-8H2,1H3. The fourth-order valence-corrected chi connectivity index (χ4v) is 3.64. The molecule has 0 amide bonds. The molecule has 76 valence electrons. The fourth-order valence-electron chi connectivity index (χ4n) is 2.38. The maximum Gasteiger partial charge on any atom is 0.0194 e. The first-order valence-electron chi connectivity index (χ1n) is 5.39. The van der Waals surface area contributed by atoms with Crippen LogP contribution in [0, 0.1) is 0 Å². The Morgan fingerprint density at radius 1 is 1.38 bits per heavy atom. The quantitative estimate of drug-likeness (QED) is 0.720. The second kappa shape index (κ2) is 4.67. The number of likely N-dealkylation sites (N-methyl/N-ethyl adjacent to an activating group) is 1. The molecule has 0 aromatic carbocycles. The third-order valence-electron chi connectivity index (χ3n) is 3.28. The van der Waals surface area contributed by atoms with Crippen LogP contribution >= 0.6 is 11.8 Å². The summed E-state index contributed by atoms with van der Waals surface area (Å²) in [6.45, 7) is 2.62. The lowest BCUT2D eigenvalue weighted by atomic mass is 10.0. The molecule has 0 aromatic rings. The van der Waals surface area contributed by atoms with Crippen molar-refractivity contribution in [1.82, 2.24) is 10.2 Å². The highest BCUT2D eigenvalue weighted by Crippen LogP contribution is 2.24. The van der Waals surface area contributed by atoms with Gasteiger partial charge in [0.1, 0.15) is 0 Å². The number of nitrogens with zero attached hydrogens (tertiary/aromatic N) is 1. The number of piperidine rings is 1. The number of hydrogen-bond acceptors (Lipinski definition) is 3. The van der Waals surface area contributed by atoms with E-state index in [9.17, 15) is 0 Å². The number of hydrogen-bond donors (Lipinski definition) is 1. The van der Waals surface area contributed by atoms with Crippen LogP contribution in [-0.2, 0) is 0 Å². The van der Waals surface area contributed by atoms with Crippen molar-refractivity contribution in [3.8, 4) is 0 Å². The average molecular weight is 200 g/mol. The van der Waals surface area contributed by atoms with Gasteiger partial charge in [0, 0.05) is 24.4 Å². The first kappa shape index (κ1) is 9.81. The third kappa shape index (κ3) is 2.39. The van der Waals surface area contributed by atoms with E-state index in [1.165, 1.54) is 43.9 Å². The summed E-state index contributed by atoms with van der Waals surface area (Å²) in [6.07, 6.45) is 4.17. The Bertz CT molecular complexity index is 157. The Balaban J connectivity index is 1.84. The molecule has 1 N–H and O–H groups in total. The van der Waals surface area contributed by atoms with E-state index in [2.05, 4.69) is 29.0 Å². The van der Waals surface area contributed by atoms with Gasteiger partial charge in [0.15, 0.2) is 0 Å². The normalized spacial score (nSPS) is 36.7. The Hall–Kier alpha value is 0.270. The number of nitrogens with one attached hydrogen (secondary N) is 1. The second-order valence-corrected chi connectivity index (χ2v) is 5.29. The molecule has 2 nitrogen and oxygen atoms in total. The summed E-state index contributed by atoms with van der Waals surface area (Å²) in [4.78, 5) is 2.70. The Morgan fingerprint density at radius 2 is 2.31 bits per heavy atom. The van der Waals surface area contributed by atoms with Crippen molar-refractivity contribution < 1.29 is 0 Å². The molecule has 0 aromatic heterocycles. The molecule has 0 bridgehead atoms. The van der Waals surface area contributed by atoms with Gasteiger partial charge >= 0.3 is 0 Å². The van der Waals surface area contributed by atoms with E-state index in [-0.39, 0.29) is 0 Å². The SMILES string of the molecule is CNC1CCCN(C2CCSC2)C1. The van der Waals surface area contributed by atoms with Crippen LogP contribution in [0.4, 0.5) is 0 Å². The van der Waals surface area contributed by atoms with Gasteiger partial charge in [0.2, 0.25) is 0 Å². The van der Waals surface area contributed by atoms with Crippen molar-refractivity contribution in [2.45, 2.75) is 31.3 Å². The van der Waals surface area contributed by atoms with Gasteiger partial charge in [-0.3, -0.25) is 4.90 Å². The molecule has 2 fully saturated rings. The summed E-state index contributed by atoms with van der Waals surface area (Å²) >= 11 is 2.12. The maximum atomic E-state index is 3.41. The zero-order valence-corrected chi connectivity index (χ0v) is 9.28. The second-order valence-electron chi connectivity index (χ2n) is 4.14. The van der Waals surface area contributed by atoms with Gasteiger partial charge in [-0.05, 0) is 38.6 Å². The molecule has 2 atom stereocenters. The van der Waals surface area contributed by atoms with Gasteiger partial charge in [-0.15, -0.1) is 0 Å². The molecule has 2 rings (SSSR count). The molecular formula is C10H20N2S. The van der Waals surface area contributed by atoms with E-state index in [1.54, 1.807) is 0 Å². The zero-order chi connectivity index (χ0) is 9.10. The first-order chi connectivity index (χ1) is 6.40. The molecule has 0 saturated carbocycles. The minimum absolute atomic E-state index is 0.749. The van der Waals surface area contributed by atoms with Crippen LogP contribution in [0.1, 0.15) is 19.3 Å². The summed E-state index contributed by atoms with van der Waals surface area (Å²) in [5, 5.41) is 3.41. The fraction of sp³-hybridized carbons (Fsp3) is 1.00. The van der Waals surface area contributed by atoms with E-state index >= 15 is 0 Å². The molecule has 2 unspecified atom stereocenters. The van der Waals surface area contributed by atoms with E-state index in [0.717, 1.165) is 12.1 Å². The molecule has 0 aliphatic carbocycles. The van der Waals surface area contributed by atoms with Crippen molar-refractivity contribution >= 4 is 11.8 Å². The monoisotopic (exact) mass is 200 g/mol. The third-order valence-corrected chi connectivity index (χ3v) is 4.43. The van der Waals surface area contributed by atoms with Crippen LogP contribution in [-0.4, -0.2) is 48.6 Å². The molecular weight excluding hydrogens is 180 g/mol. The van der Waals surface area contributed by atoms with Gasteiger partial charge in [-0.1, -0.05) is 0 Å². The Labute approximate surface area is 85.4 Å². The molecule has 2 saturated heterocycles. The summed E-state index contributed by atoms with van der Waals surface area (Å²) in [5.74, 6) is 2.75. The Kier molecular flexibility index (Phi) is 3.52. The summed E-state index contributed by atoms with van der Waals surface area (Å²) in [6, 6.07) is 1.64. The van der Waals surface area contributed by atoms with Crippen LogP contribution in [0.3, 0.4) is 0 Å². The summed E-state index contributed by atoms with van der Waals surface area (Å²) in [7, 11) is 2.09. The molecule has 2 aliphatic rings. The Morgan fingerprint density at radius 3 is 3.00 bits per heavy atom. The van der Waals surface area contributed by atoms with Gasteiger partial charge in [-0.25, -0.2) is 0 Å². The van der Waals surface area contributed by atoms with Crippen molar-refractivity contribution in [2.24, 2.45) is 0 Å². The molecule has 2 heterocycles. The van der Waals surface area contributed by atoms with Crippen LogP contribution in [0.25, 0.3) is 0 Å². The lowest BCUT2D eigenvalue weighted by Crippen LogP contribution is -2.48. The zero-order valence-electron chi connectivity index (χ0n) is 8.46.